The summed E-state index contributed by atoms with van der Waals surface area (Å²) in [5.41, 5.74) is -0.924. The Hall–Kier alpha value is -2.33. The van der Waals surface area contributed by atoms with Crippen molar-refractivity contribution in [2.24, 2.45) is 5.41 Å². The predicted molar refractivity (Wildman–Crippen MR) is 97.1 cm³/mol. The van der Waals surface area contributed by atoms with E-state index in [0.717, 1.165) is 0 Å². The van der Waals surface area contributed by atoms with Gasteiger partial charge in [0.1, 0.15) is 6.61 Å². The van der Waals surface area contributed by atoms with Gasteiger partial charge in [-0.05, 0) is 12.1 Å². The summed E-state index contributed by atoms with van der Waals surface area (Å²) in [4.78, 5) is 44.3. The average molecular weight is 417 g/mol. The van der Waals surface area contributed by atoms with Crippen molar-refractivity contribution in [2.45, 2.75) is 26.4 Å². The maximum atomic E-state index is 12.5. The highest BCUT2D eigenvalue weighted by atomic mass is 31.2. The second-order valence-electron chi connectivity index (χ2n) is 6.68. The Morgan fingerprint density at radius 1 is 1.39 bits per heavy atom. The number of amides is 1. The topological polar surface area (TPSA) is 146 Å². The van der Waals surface area contributed by atoms with Gasteiger partial charge in [0.2, 0.25) is 0 Å². The van der Waals surface area contributed by atoms with Crippen LogP contribution in [0.2, 0.25) is 0 Å². The summed E-state index contributed by atoms with van der Waals surface area (Å²) in [5, 5.41) is 13.3. The van der Waals surface area contributed by atoms with E-state index in [1.807, 2.05) is 0 Å². The number of hydrogen-bond acceptors (Lipinski definition) is 9. The fraction of sp³-hybridized carbons (Fsp3) is 0.500. The molecule has 1 saturated heterocycles. The van der Waals surface area contributed by atoms with Gasteiger partial charge in [-0.2, -0.15) is 4.89 Å². The van der Waals surface area contributed by atoms with Gasteiger partial charge < -0.3 is 10.1 Å². The van der Waals surface area contributed by atoms with E-state index < -0.39 is 36.5 Å². The number of methoxy groups -OCH3 is 1. The maximum Gasteiger partial charge on any atom is 0.619 e. The molecule has 1 heterocycles. The van der Waals surface area contributed by atoms with E-state index in [1.165, 1.54) is 31.4 Å². The van der Waals surface area contributed by atoms with E-state index in [-0.39, 0.29) is 31.0 Å². The Morgan fingerprint density at radius 2 is 2.04 bits per heavy atom. The van der Waals surface area contributed by atoms with Gasteiger partial charge in [-0.15, -0.1) is 9.05 Å². The zero-order chi connectivity index (χ0) is 20.9. The molecule has 0 radical (unpaired) electrons. The van der Waals surface area contributed by atoms with Crippen LogP contribution >= 0.6 is 8.17 Å². The Bertz CT molecular complexity index is 740. The number of nitrogens with one attached hydrogen (secondary N) is 1. The molecule has 0 aliphatic carbocycles. The molecule has 0 bridgehead atoms. The van der Waals surface area contributed by atoms with Gasteiger partial charge in [0, 0.05) is 24.1 Å². The number of carbonyl (C=O) groups excluding carboxylic acids is 2. The fourth-order valence-electron chi connectivity index (χ4n) is 2.33. The van der Waals surface area contributed by atoms with Crippen LogP contribution in [0.4, 0.5) is 5.69 Å². The van der Waals surface area contributed by atoms with Crippen molar-refractivity contribution >= 4 is 25.7 Å². The minimum atomic E-state index is -3.89. The van der Waals surface area contributed by atoms with E-state index in [4.69, 9.17) is 13.6 Å². The number of esters is 1. The summed E-state index contributed by atoms with van der Waals surface area (Å²) in [5.74, 6) is -0.924. The molecule has 0 aromatic heterocycles. The number of benzene rings is 1. The van der Waals surface area contributed by atoms with Gasteiger partial charge in [0.05, 0.1) is 18.5 Å². The first-order chi connectivity index (χ1) is 13.1. The standard InChI is InChI=1S/C16H21N2O9P/c1-16(2)10-25-28(23,26-12-6-4-11(5-7-12)18(21)22)27-14(16)15(20)17-9-8-13(19)24-3/h4-7,14,23H,8-10H2,1-3H3/p+1/t14-,28?/m0/s1. The molecule has 1 aliphatic rings. The third kappa shape index (κ3) is 5.59. The van der Waals surface area contributed by atoms with Gasteiger partial charge in [0.15, 0.2) is 11.9 Å². The molecule has 12 heteroatoms. The van der Waals surface area contributed by atoms with Crippen molar-refractivity contribution in [3.8, 4) is 5.75 Å². The maximum absolute atomic E-state index is 12.5. The van der Waals surface area contributed by atoms with Crippen LogP contribution in [0.1, 0.15) is 20.3 Å². The van der Waals surface area contributed by atoms with Crippen LogP contribution in [0.15, 0.2) is 24.3 Å². The molecule has 1 fully saturated rings. The highest BCUT2D eigenvalue weighted by Crippen LogP contribution is 2.63. The third-order valence-corrected chi connectivity index (χ3v) is 5.28. The molecule has 11 nitrogen and oxygen atoms in total. The van der Waals surface area contributed by atoms with Crippen molar-refractivity contribution < 1.29 is 37.7 Å². The zero-order valence-corrected chi connectivity index (χ0v) is 16.5. The summed E-state index contributed by atoms with van der Waals surface area (Å²) in [6, 6.07) is 4.97. The van der Waals surface area contributed by atoms with Gasteiger partial charge in [0.25, 0.3) is 11.6 Å². The molecule has 154 valence electrons. The van der Waals surface area contributed by atoms with Gasteiger partial charge >= 0.3 is 14.1 Å². The highest BCUT2D eigenvalue weighted by Gasteiger charge is 2.60. The number of ether oxygens (including phenoxy) is 1. The predicted octanol–water partition coefficient (Wildman–Crippen LogP) is 1.76. The molecule has 1 amide bonds. The number of carbonyl (C=O) groups is 2. The van der Waals surface area contributed by atoms with Crippen LogP contribution in [0.3, 0.4) is 0 Å². The molecule has 1 aromatic carbocycles. The Balaban J connectivity index is 2.05. The SMILES string of the molecule is COC(=O)CCNC(=O)[C@@H]1O[P+](O)(Oc2ccc([N+](=O)[O-])cc2)OCC1(C)C. The Labute approximate surface area is 161 Å². The molecule has 2 N–H and O–H groups in total. The summed E-state index contributed by atoms with van der Waals surface area (Å²) in [6.45, 7) is 3.45. The molecular formula is C16H22N2O9P+. The second-order valence-corrected chi connectivity index (χ2v) is 8.26. The lowest BCUT2D eigenvalue weighted by molar-refractivity contribution is -0.384. The number of non-ortho nitro benzene ring substituents is 1. The minimum Gasteiger partial charge on any atom is -0.469 e. The van der Waals surface area contributed by atoms with E-state index >= 15 is 0 Å². The molecule has 0 spiro atoms. The third-order valence-electron chi connectivity index (χ3n) is 3.91. The Morgan fingerprint density at radius 3 is 2.61 bits per heavy atom. The molecule has 2 atom stereocenters. The van der Waals surface area contributed by atoms with Crippen molar-refractivity contribution in [3.63, 3.8) is 0 Å². The van der Waals surface area contributed by atoms with Crippen LogP contribution in [0, 0.1) is 15.5 Å². The Kier molecular flexibility index (Phi) is 6.89. The quantitative estimate of drug-likeness (QED) is 0.293. The van der Waals surface area contributed by atoms with Crippen LogP contribution in [0.25, 0.3) is 0 Å². The summed E-state index contributed by atoms with van der Waals surface area (Å²) in [7, 11) is -2.65. The number of nitrogens with zero attached hydrogens (tertiary/aromatic N) is 1. The summed E-state index contributed by atoms with van der Waals surface area (Å²) < 4.78 is 20.7. The lowest BCUT2D eigenvalue weighted by Crippen LogP contribution is -2.51. The van der Waals surface area contributed by atoms with Crippen molar-refractivity contribution in [3.05, 3.63) is 34.4 Å². The van der Waals surface area contributed by atoms with E-state index in [0.29, 0.717) is 0 Å². The van der Waals surface area contributed by atoms with E-state index in [1.54, 1.807) is 13.8 Å². The smallest absolute Gasteiger partial charge is 0.469 e. The zero-order valence-electron chi connectivity index (χ0n) is 15.6. The summed E-state index contributed by atoms with van der Waals surface area (Å²) in [6.07, 6.45) is -1.11. The van der Waals surface area contributed by atoms with Gasteiger partial charge in [-0.25, -0.2) is 0 Å². The van der Waals surface area contributed by atoms with Crippen LogP contribution in [-0.2, 0) is 23.4 Å². The fourth-order valence-corrected chi connectivity index (χ4v) is 4.01. The highest BCUT2D eigenvalue weighted by molar-refractivity contribution is 7.56. The van der Waals surface area contributed by atoms with Crippen molar-refractivity contribution in [2.75, 3.05) is 20.3 Å². The van der Waals surface area contributed by atoms with Crippen molar-refractivity contribution in [1.29, 1.82) is 0 Å². The molecule has 2 rings (SSSR count). The number of nitro groups is 1. The van der Waals surface area contributed by atoms with Gasteiger partial charge in [-0.1, -0.05) is 13.8 Å². The first-order valence-electron chi connectivity index (χ1n) is 8.29. The lowest BCUT2D eigenvalue weighted by Gasteiger charge is -2.36. The van der Waals surface area contributed by atoms with E-state index in [2.05, 4.69) is 10.1 Å². The van der Waals surface area contributed by atoms with Crippen LogP contribution in [-0.4, -0.2) is 48.1 Å². The normalized spacial score (nSPS) is 23.5. The largest absolute Gasteiger partial charge is 0.619 e. The first kappa shape index (κ1) is 22.0. The van der Waals surface area contributed by atoms with Crippen molar-refractivity contribution in [1.82, 2.24) is 5.32 Å². The molecule has 1 aliphatic heterocycles. The number of rotatable bonds is 7. The van der Waals surface area contributed by atoms with Crippen LogP contribution in [0.5, 0.6) is 5.75 Å². The lowest BCUT2D eigenvalue weighted by atomic mass is 9.87. The monoisotopic (exact) mass is 417 g/mol. The second kappa shape index (κ2) is 8.78. The number of hydrogen-bond donors (Lipinski definition) is 2. The molecule has 28 heavy (non-hydrogen) atoms. The van der Waals surface area contributed by atoms with E-state index in [9.17, 15) is 24.6 Å². The molecule has 0 saturated carbocycles. The molecule has 1 aromatic rings. The average Bonchev–Trinajstić information content (AvgIpc) is 2.64. The molecule has 1 unspecified atom stereocenters. The van der Waals surface area contributed by atoms with Crippen LogP contribution < -0.4 is 9.84 Å². The number of nitro benzene ring substituents is 1. The first-order valence-corrected chi connectivity index (χ1v) is 9.79. The summed E-state index contributed by atoms with van der Waals surface area (Å²) >= 11 is 0. The minimum absolute atomic E-state index is 0.00933. The molecular weight excluding hydrogens is 395 g/mol. The van der Waals surface area contributed by atoms with Gasteiger partial charge in [-0.3, -0.25) is 24.2 Å².